The van der Waals surface area contributed by atoms with Gasteiger partial charge >= 0.3 is 0 Å². The molecular weight excluding hydrogens is 493 g/mol. The van der Waals surface area contributed by atoms with Crippen LogP contribution < -0.4 is 44.0 Å². The van der Waals surface area contributed by atoms with Crippen molar-refractivity contribution in [2.75, 3.05) is 42.7 Å². The fourth-order valence-electron chi connectivity index (χ4n) is 3.86. The molecule has 3 rings (SSSR count). The number of hydrogen-bond donors (Lipinski definition) is 0. The van der Waals surface area contributed by atoms with E-state index in [1.54, 1.807) is 42.7 Å². The number of hydrogen-bond acceptors (Lipinski definition) is 6. The third kappa shape index (κ3) is 6.03. The predicted molar refractivity (Wildman–Crippen MR) is 143 cm³/mol. The van der Waals surface area contributed by atoms with Crippen molar-refractivity contribution in [2.45, 2.75) is 11.2 Å². The van der Waals surface area contributed by atoms with E-state index in [1.165, 1.54) is 0 Å². The molecule has 3 aromatic rings. The van der Waals surface area contributed by atoms with Gasteiger partial charge < -0.3 is 28.4 Å². The lowest BCUT2D eigenvalue weighted by Gasteiger charge is -2.30. The van der Waals surface area contributed by atoms with Crippen molar-refractivity contribution in [1.82, 2.24) is 0 Å². The Morgan fingerprint density at radius 1 is 0.457 bits per heavy atom. The summed E-state index contributed by atoms with van der Waals surface area (Å²) in [6.45, 7) is 2.30. The molecule has 0 amide bonds. The van der Waals surface area contributed by atoms with Gasteiger partial charge in [0.1, 0.15) is 0 Å². The summed E-state index contributed by atoms with van der Waals surface area (Å²) in [5, 5.41) is 3.33. The van der Waals surface area contributed by atoms with E-state index in [0.717, 1.165) is 50.1 Å². The second-order valence-electron chi connectivity index (χ2n) is 7.62. The highest BCUT2D eigenvalue weighted by Gasteiger charge is 2.33. The predicted octanol–water partition coefficient (Wildman–Crippen LogP) is 2.22. The molecule has 0 saturated carbocycles. The Morgan fingerprint density at radius 2 is 0.743 bits per heavy atom. The monoisotopic (exact) mass is 522 g/mol. The van der Waals surface area contributed by atoms with Gasteiger partial charge in [0.2, 0.25) is 0 Å². The van der Waals surface area contributed by atoms with E-state index in [4.69, 9.17) is 28.4 Å². The molecule has 35 heavy (non-hydrogen) atoms. The van der Waals surface area contributed by atoms with Crippen molar-refractivity contribution < 1.29 is 28.4 Å². The van der Waals surface area contributed by atoms with E-state index in [2.05, 4.69) is 25.1 Å². The second kappa shape index (κ2) is 12.2. The molecule has 0 fully saturated rings. The summed E-state index contributed by atoms with van der Waals surface area (Å²) in [6, 6.07) is 18.1. The van der Waals surface area contributed by atoms with Crippen LogP contribution in [-0.4, -0.2) is 71.2 Å². The van der Waals surface area contributed by atoms with Crippen molar-refractivity contribution >= 4 is 44.1 Å². The molecule has 0 heterocycles. The molecule has 0 aliphatic carbocycles. The number of methoxy groups -OCH3 is 6. The van der Waals surface area contributed by atoms with Gasteiger partial charge in [0.05, 0.1) is 71.2 Å². The molecule has 0 spiro atoms. The van der Waals surface area contributed by atoms with Gasteiger partial charge in [0.15, 0.2) is 34.5 Å². The average molecular weight is 523 g/mol. The summed E-state index contributed by atoms with van der Waals surface area (Å²) in [7, 11) is 11.3. The summed E-state index contributed by atoms with van der Waals surface area (Å²) >= 11 is 0. The SMILES string of the molecule is COc1cccc([Si]C(C)([Si]c2cccc(OC)c2OC)[Si]c2cccc(OC)c2OC)c1OC. The van der Waals surface area contributed by atoms with Crippen molar-refractivity contribution in [3.05, 3.63) is 54.6 Å². The minimum absolute atomic E-state index is 0.168. The van der Waals surface area contributed by atoms with Crippen LogP contribution in [-0.2, 0) is 0 Å². The first-order chi connectivity index (χ1) is 16.9. The zero-order valence-electron chi connectivity index (χ0n) is 21.1. The second-order valence-corrected chi connectivity index (χ2v) is 14.5. The lowest BCUT2D eigenvalue weighted by molar-refractivity contribution is 0.357. The molecule has 6 nitrogen and oxygen atoms in total. The summed E-state index contributed by atoms with van der Waals surface area (Å²) in [5.74, 6) is 4.48. The molecule has 9 heteroatoms. The van der Waals surface area contributed by atoms with E-state index in [9.17, 15) is 0 Å². The molecule has 6 radical (unpaired) electrons. The number of benzene rings is 3. The molecule has 0 saturated heterocycles. The van der Waals surface area contributed by atoms with Gasteiger partial charge in [-0.05, 0) is 38.0 Å². The minimum atomic E-state index is -0.168. The first-order valence-electron chi connectivity index (χ1n) is 10.9. The van der Waals surface area contributed by atoms with Crippen molar-refractivity contribution in [1.29, 1.82) is 0 Å². The van der Waals surface area contributed by atoms with E-state index in [1.807, 2.05) is 36.4 Å². The van der Waals surface area contributed by atoms with Crippen LogP contribution in [0.25, 0.3) is 0 Å². The summed E-state index contributed by atoms with van der Waals surface area (Å²) < 4.78 is 33.9. The van der Waals surface area contributed by atoms with Gasteiger partial charge in [-0.1, -0.05) is 43.3 Å². The Balaban J connectivity index is 2.11. The highest BCUT2D eigenvalue weighted by molar-refractivity contribution is 6.92. The quantitative estimate of drug-likeness (QED) is 0.340. The van der Waals surface area contributed by atoms with Gasteiger partial charge in [-0.25, -0.2) is 0 Å². The van der Waals surface area contributed by atoms with Crippen LogP contribution in [0, 0.1) is 0 Å². The maximum atomic E-state index is 5.78. The lowest BCUT2D eigenvalue weighted by atomic mass is 10.3. The van der Waals surface area contributed by atoms with Crippen molar-refractivity contribution in [3.63, 3.8) is 0 Å². The Hall–Kier alpha value is -2.89. The van der Waals surface area contributed by atoms with Gasteiger partial charge in [-0.15, -0.1) is 0 Å². The average Bonchev–Trinajstić information content (AvgIpc) is 2.87. The molecule has 0 aliphatic rings. The molecule has 0 bridgehead atoms. The fraction of sp³-hybridized carbons (Fsp3) is 0.308. The number of rotatable bonds is 12. The molecule has 182 valence electrons. The Labute approximate surface area is 215 Å². The normalized spacial score (nSPS) is 11.1. The van der Waals surface area contributed by atoms with Crippen LogP contribution in [0.3, 0.4) is 0 Å². The van der Waals surface area contributed by atoms with Crippen LogP contribution in [0.15, 0.2) is 54.6 Å². The number of para-hydroxylation sites is 3. The van der Waals surface area contributed by atoms with Gasteiger partial charge in [0.25, 0.3) is 0 Å². The summed E-state index contributed by atoms with van der Waals surface area (Å²) in [6.07, 6.45) is 0. The minimum Gasteiger partial charge on any atom is -0.493 e. The summed E-state index contributed by atoms with van der Waals surface area (Å²) in [4.78, 5) is 0. The third-order valence-electron chi connectivity index (χ3n) is 5.36. The van der Waals surface area contributed by atoms with E-state index < -0.39 is 0 Å². The van der Waals surface area contributed by atoms with E-state index >= 15 is 0 Å². The highest BCUT2D eigenvalue weighted by Crippen LogP contribution is 2.32. The summed E-state index contributed by atoms with van der Waals surface area (Å²) in [5.41, 5.74) is 0. The van der Waals surface area contributed by atoms with E-state index in [0.29, 0.717) is 28.6 Å². The molecular formula is C26H30O6Si3. The molecule has 0 atom stereocenters. The lowest BCUT2D eigenvalue weighted by Crippen LogP contribution is -2.46. The topological polar surface area (TPSA) is 55.4 Å². The molecule has 3 aromatic carbocycles. The maximum absolute atomic E-state index is 5.78. The van der Waals surface area contributed by atoms with Crippen LogP contribution in [0.2, 0.25) is 4.28 Å². The Bertz CT molecular complexity index is 999. The third-order valence-corrected chi connectivity index (χ3v) is 11.1. The first kappa shape index (κ1) is 26.7. The van der Waals surface area contributed by atoms with Crippen LogP contribution in [0.5, 0.6) is 34.5 Å². The largest absolute Gasteiger partial charge is 0.493 e. The highest BCUT2D eigenvalue weighted by atomic mass is 28.3. The van der Waals surface area contributed by atoms with Crippen molar-refractivity contribution in [2.24, 2.45) is 0 Å². The zero-order valence-corrected chi connectivity index (χ0v) is 24.1. The van der Waals surface area contributed by atoms with Crippen LogP contribution >= 0.6 is 0 Å². The van der Waals surface area contributed by atoms with Gasteiger partial charge in [0, 0.05) is 0 Å². The van der Waals surface area contributed by atoms with Gasteiger partial charge in [-0.3, -0.25) is 0 Å². The van der Waals surface area contributed by atoms with Crippen LogP contribution in [0.4, 0.5) is 0 Å². The smallest absolute Gasteiger partial charge is 0.160 e. The Kier molecular flexibility index (Phi) is 9.30. The first-order valence-corrected chi connectivity index (χ1v) is 13.9. The molecule has 0 N–H and O–H groups in total. The van der Waals surface area contributed by atoms with E-state index in [-0.39, 0.29) is 4.28 Å². The fourth-order valence-corrected chi connectivity index (χ4v) is 10.2. The maximum Gasteiger partial charge on any atom is 0.160 e. The van der Waals surface area contributed by atoms with Crippen LogP contribution in [0.1, 0.15) is 6.92 Å². The Morgan fingerprint density at radius 3 is 0.971 bits per heavy atom. The number of ether oxygens (including phenoxy) is 6. The molecule has 0 aromatic heterocycles. The molecule has 0 unspecified atom stereocenters. The van der Waals surface area contributed by atoms with Crippen molar-refractivity contribution in [3.8, 4) is 34.5 Å². The molecule has 0 aliphatic heterocycles. The zero-order chi connectivity index (χ0) is 25.4. The standard InChI is InChI=1S/C26H30O6Si3/c1-26(33-20-14-8-11-17(27-2)23(20)30-5,34-21-15-9-12-18(28-3)24(21)31-6)35-22-16-10-13-19(29-4)25(22)32-7/h8-16H,1-7H3. The van der Waals surface area contributed by atoms with Gasteiger partial charge in [-0.2, -0.15) is 0 Å².